The van der Waals surface area contributed by atoms with Gasteiger partial charge in [-0.3, -0.25) is 4.79 Å². The van der Waals surface area contributed by atoms with Gasteiger partial charge in [0.1, 0.15) is 5.60 Å². The minimum atomic E-state index is -0.898. The van der Waals surface area contributed by atoms with Gasteiger partial charge in [0, 0.05) is 7.11 Å². The molecule has 0 fully saturated rings. The van der Waals surface area contributed by atoms with Crippen molar-refractivity contribution in [1.29, 1.82) is 0 Å². The van der Waals surface area contributed by atoms with Gasteiger partial charge in [-0.15, -0.1) is 0 Å². The number of carbonyl (C=O) groups excluding carboxylic acids is 2. The lowest BCUT2D eigenvalue weighted by Crippen LogP contribution is -2.31. The quantitative estimate of drug-likeness (QED) is 0.656. The molecule has 1 atom stereocenters. The van der Waals surface area contributed by atoms with Gasteiger partial charge in [0.15, 0.2) is 6.10 Å². The highest BCUT2D eigenvalue weighted by atomic mass is 16.6. The maximum absolute atomic E-state index is 11.3. The number of hydrogen-bond acceptors (Lipinski definition) is 5. The van der Waals surface area contributed by atoms with Gasteiger partial charge in [-0.1, -0.05) is 0 Å². The number of esters is 2. The molecule has 0 aromatic rings. The third-order valence-corrected chi connectivity index (χ3v) is 1.52. The molecule has 0 N–H and O–H groups in total. The molecule has 0 saturated carbocycles. The van der Waals surface area contributed by atoms with Gasteiger partial charge >= 0.3 is 11.9 Å². The Labute approximate surface area is 89.7 Å². The number of hydrogen-bond donors (Lipinski definition) is 0. The topological polar surface area (TPSA) is 61.8 Å². The summed E-state index contributed by atoms with van der Waals surface area (Å²) in [5.74, 6) is -1.07. The molecule has 0 aliphatic rings. The van der Waals surface area contributed by atoms with Crippen molar-refractivity contribution in [2.75, 3.05) is 14.2 Å². The molecule has 0 radical (unpaired) electrons. The zero-order valence-corrected chi connectivity index (χ0v) is 9.83. The molecule has 0 rings (SSSR count). The van der Waals surface area contributed by atoms with Crippen LogP contribution in [0.2, 0.25) is 0 Å². The summed E-state index contributed by atoms with van der Waals surface area (Å²) in [6.45, 7) is 5.26. The highest BCUT2D eigenvalue weighted by molar-refractivity contribution is 5.81. The Kier molecular flexibility index (Phi) is 5.28. The first-order valence-corrected chi connectivity index (χ1v) is 4.62. The first kappa shape index (κ1) is 13.9. The minimum absolute atomic E-state index is 0.138. The van der Waals surface area contributed by atoms with E-state index in [2.05, 4.69) is 4.74 Å². The van der Waals surface area contributed by atoms with E-state index in [9.17, 15) is 9.59 Å². The average Bonchev–Trinajstić information content (AvgIpc) is 2.10. The van der Waals surface area contributed by atoms with Crippen molar-refractivity contribution in [3.8, 4) is 0 Å². The summed E-state index contributed by atoms with van der Waals surface area (Å²) in [4.78, 5) is 22.4. The fraction of sp³-hybridized carbons (Fsp3) is 0.800. The molecule has 0 aromatic heterocycles. The number of ether oxygens (including phenoxy) is 3. The van der Waals surface area contributed by atoms with Crippen molar-refractivity contribution in [2.24, 2.45) is 0 Å². The number of carbonyl (C=O) groups is 2. The largest absolute Gasteiger partial charge is 0.467 e. The summed E-state index contributed by atoms with van der Waals surface area (Å²) in [5.41, 5.74) is -0.564. The number of rotatable bonds is 4. The smallest absolute Gasteiger partial charge is 0.335 e. The van der Waals surface area contributed by atoms with Gasteiger partial charge in [-0.2, -0.15) is 0 Å². The van der Waals surface area contributed by atoms with E-state index in [4.69, 9.17) is 9.47 Å². The Morgan fingerprint density at radius 2 is 1.73 bits per heavy atom. The first-order valence-electron chi connectivity index (χ1n) is 4.62. The molecule has 0 bridgehead atoms. The molecule has 88 valence electrons. The van der Waals surface area contributed by atoms with E-state index in [0.717, 1.165) is 0 Å². The van der Waals surface area contributed by atoms with Crippen LogP contribution in [0.1, 0.15) is 27.2 Å². The van der Waals surface area contributed by atoms with Crippen LogP contribution >= 0.6 is 0 Å². The Bertz CT molecular complexity index is 228. The molecule has 0 amide bonds. The van der Waals surface area contributed by atoms with Crippen LogP contribution in [0.5, 0.6) is 0 Å². The summed E-state index contributed by atoms with van der Waals surface area (Å²) in [6, 6.07) is 0. The van der Waals surface area contributed by atoms with Crippen molar-refractivity contribution in [1.82, 2.24) is 0 Å². The monoisotopic (exact) mass is 218 g/mol. The van der Waals surface area contributed by atoms with Gasteiger partial charge in [-0.05, 0) is 20.8 Å². The van der Waals surface area contributed by atoms with Crippen LogP contribution in [0.3, 0.4) is 0 Å². The van der Waals surface area contributed by atoms with E-state index >= 15 is 0 Å². The van der Waals surface area contributed by atoms with Crippen LogP contribution in [0.25, 0.3) is 0 Å². The van der Waals surface area contributed by atoms with Crippen molar-refractivity contribution in [3.63, 3.8) is 0 Å². The van der Waals surface area contributed by atoms with Gasteiger partial charge in [0.25, 0.3) is 0 Å². The Balaban J connectivity index is 4.20. The van der Waals surface area contributed by atoms with Gasteiger partial charge in [-0.25, -0.2) is 4.79 Å². The number of methoxy groups -OCH3 is 2. The van der Waals surface area contributed by atoms with Gasteiger partial charge in [0.05, 0.1) is 13.5 Å². The summed E-state index contributed by atoms with van der Waals surface area (Å²) < 4.78 is 14.3. The van der Waals surface area contributed by atoms with Crippen LogP contribution in [0.15, 0.2) is 0 Å². The molecule has 1 unspecified atom stereocenters. The average molecular weight is 218 g/mol. The van der Waals surface area contributed by atoms with Crippen molar-refractivity contribution in [3.05, 3.63) is 0 Å². The molecule has 0 aromatic carbocycles. The summed E-state index contributed by atoms with van der Waals surface area (Å²) in [6.07, 6.45) is -1.04. The second-order valence-corrected chi connectivity index (χ2v) is 4.04. The zero-order chi connectivity index (χ0) is 12.1. The molecule has 0 saturated heterocycles. The Hall–Kier alpha value is -1.10. The van der Waals surface area contributed by atoms with Crippen LogP contribution in [0, 0.1) is 0 Å². The molecule has 0 heterocycles. The third kappa shape index (κ3) is 6.06. The van der Waals surface area contributed by atoms with Gasteiger partial charge in [0.2, 0.25) is 0 Å². The van der Waals surface area contributed by atoms with Crippen molar-refractivity contribution >= 4 is 11.9 Å². The van der Waals surface area contributed by atoms with E-state index in [-0.39, 0.29) is 6.42 Å². The lowest BCUT2D eigenvalue weighted by atomic mass is 10.2. The van der Waals surface area contributed by atoms with Crippen LogP contribution < -0.4 is 0 Å². The van der Waals surface area contributed by atoms with E-state index in [0.29, 0.717) is 0 Å². The Morgan fingerprint density at radius 3 is 2.07 bits per heavy atom. The lowest BCUT2D eigenvalue weighted by Gasteiger charge is -2.20. The molecule has 5 heteroatoms. The highest BCUT2D eigenvalue weighted by Crippen LogP contribution is 2.10. The summed E-state index contributed by atoms with van der Waals surface area (Å²) >= 11 is 0. The summed E-state index contributed by atoms with van der Waals surface area (Å²) in [5, 5.41) is 0. The fourth-order valence-electron chi connectivity index (χ4n) is 0.929. The third-order valence-electron chi connectivity index (χ3n) is 1.52. The molecular weight excluding hydrogens is 200 g/mol. The fourth-order valence-corrected chi connectivity index (χ4v) is 0.929. The van der Waals surface area contributed by atoms with E-state index in [1.807, 2.05) is 0 Å². The standard InChI is InChI=1S/C10H18O5/c1-10(2,3)15-8(11)6-7(13-4)9(12)14-5/h7H,6H2,1-5H3. The predicted octanol–water partition coefficient (Wildman–Crippen LogP) is 0.906. The molecule has 5 nitrogen and oxygen atoms in total. The van der Waals surface area contributed by atoms with Crippen LogP contribution in [0.4, 0.5) is 0 Å². The Morgan fingerprint density at radius 1 is 1.20 bits per heavy atom. The first-order chi connectivity index (χ1) is 6.80. The normalized spacial score (nSPS) is 13.1. The zero-order valence-electron chi connectivity index (χ0n) is 9.83. The second-order valence-electron chi connectivity index (χ2n) is 4.04. The lowest BCUT2D eigenvalue weighted by molar-refractivity contribution is -0.165. The maximum Gasteiger partial charge on any atom is 0.335 e. The van der Waals surface area contributed by atoms with Gasteiger partial charge < -0.3 is 14.2 Å². The van der Waals surface area contributed by atoms with Crippen molar-refractivity contribution < 1.29 is 23.8 Å². The molecule has 0 aliphatic carbocycles. The van der Waals surface area contributed by atoms with E-state index < -0.39 is 23.6 Å². The molecule has 0 aliphatic heterocycles. The minimum Gasteiger partial charge on any atom is -0.467 e. The second kappa shape index (κ2) is 5.70. The molecule has 0 spiro atoms. The van der Waals surface area contributed by atoms with Crippen LogP contribution in [-0.4, -0.2) is 37.9 Å². The molecular formula is C10H18O5. The highest BCUT2D eigenvalue weighted by Gasteiger charge is 2.25. The van der Waals surface area contributed by atoms with Crippen LogP contribution in [-0.2, 0) is 23.8 Å². The SMILES string of the molecule is COC(=O)C(CC(=O)OC(C)(C)C)OC. The van der Waals surface area contributed by atoms with E-state index in [1.165, 1.54) is 14.2 Å². The van der Waals surface area contributed by atoms with Crippen molar-refractivity contribution in [2.45, 2.75) is 38.9 Å². The van der Waals surface area contributed by atoms with E-state index in [1.54, 1.807) is 20.8 Å². The molecule has 15 heavy (non-hydrogen) atoms. The summed E-state index contributed by atoms with van der Waals surface area (Å²) in [7, 11) is 2.58. The predicted molar refractivity (Wildman–Crippen MR) is 53.3 cm³/mol. The maximum atomic E-state index is 11.3.